The number of aliphatic hydroxyl groups is 1. The van der Waals surface area contributed by atoms with Gasteiger partial charge >= 0.3 is 0 Å². The Kier molecular flexibility index (Phi) is 5.77. The third-order valence-corrected chi connectivity index (χ3v) is 6.84. The van der Waals surface area contributed by atoms with Gasteiger partial charge in [0.25, 0.3) is 5.91 Å². The summed E-state index contributed by atoms with van der Waals surface area (Å²) >= 11 is 0. The van der Waals surface area contributed by atoms with Crippen molar-refractivity contribution in [3.63, 3.8) is 0 Å². The minimum atomic E-state index is -0.769. The third-order valence-electron chi connectivity index (χ3n) is 6.84. The van der Waals surface area contributed by atoms with E-state index in [0.29, 0.717) is 28.0 Å². The summed E-state index contributed by atoms with van der Waals surface area (Å²) in [7, 11) is 3.08. The predicted molar refractivity (Wildman–Crippen MR) is 126 cm³/mol. The fourth-order valence-corrected chi connectivity index (χ4v) is 5.23. The molecule has 1 atom stereocenters. The van der Waals surface area contributed by atoms with Crippen LogP contribution in [0.15, 0.2) is 64.3 Å². The first kappa shape index (κ1) is 22.1. The van der Waals surface area contributed by atoms with E-state index in [4.69, 9.17) is 13.9 Å². The molecule has 2 heterocycles. The number of amides is 1. The largest absolute Gasteiger partial charge is 0.503 e. The van der Waals surface area contributed by atoms with Gasteiger partial charge in [-0.1, -0.05) is 49.6 Å². The molecule has 1 saturated carbocycles. The van der Waals surface area contributed by atoms with Crippen LogP contribution in [0.4, 0.5) is 0 Å². The van der Waals surface area contributed by atoms with Gasteiger partial charge in [-0.3, -0.25) is 9.59 Å². The zero-order valence-electron chi connectivity index (χ0n) is 19.2. The third kappa shape index (κ3) is 3.52. The molecule has 3 aromatic rings. The van der Waals surface area contributed by atoms with E-state index in [9.17, 15) is 14.7 Å². The molecule has 1 amide bonds. The maximum atomic E-state index is 13.8. The van der Waals surface area contributed by atoms with E-state index in [1.165, 1.54) is 7.11 Å². The minimum absolute atomic E-state index is 0.0121. The summed E-state index contributed by atoms with van der Waals surface area (Å²) in [6.45, 7) is 0. The Hall–Kier alpha value is -3.74. The highest BCUT2D eigenvalue weighted by Crippen LogP contribution is 2.45. The molecule has 1 aromatic heterocycles. The van der Waals surface area contributed by atoms with E-state index in [-0.39, 0.29) is 17.4 Å². The fraction of sp³-hybridized carbons (Fsp3) is 0.333. The Morgan fingerprint density at radius 3 is 2.44 bits per heavy atom. The van der Waals surface area contributed by atoms with Crippen LogP contribution in [0.5, 0.6) is 11.5 Å². The molecule has 1 aliphatic heterocycles. The number of fused-ring (bicyclic) bond motifs is 1. The van der Waals surface area contributed by atoms with Gasteiger partial charge in [-0.25, -0.2) is 0 Å². The number of ether oxygens (including phenoxy) is 2. The van der Waals surface area contributed by atoms with Crippen molar-refractivity contribution in [2.24, 2.45) is 0 Å². The van der Waals surface area contributed by atoms with E-state index in [1.807, 2.05) is 30.3 Å². The minimum Gasteiger partial charge on any atom is -0.503 e. The number of para-hydroxylation sites is 2. The van der Waals surface area contributed by atoms with Crippen molar-refractivity contribution < 1.29 is 28.6 Å². The summed E-state index contributed by atoms with van der Waals surface area (Å²) in [6, 6.07) is 13.5. The van der Waals surface area contributed by atoms with Gasteiger partial charge in [0.05, 0.1) is 25.8 Å². The number of rotatable bonds is 6. The molecule has 1 fully saturated rings. The van der Waals surface area contributed by atoms with Crippen molar-refractivity contribution >= 4 is 22.7 Å². The number of carbonyl (C=O) groups excluding carboxylic acids is 2. The highest BCUT2D eigenvalue weighted by atomic mass is 16.5. The van der Waals surface area contributed by atoms with Crippen LogP contribution in [0.2, 0.25) is 0 Å². The lowest BCUT2D eigenvalue weighted by Gasteiger charge is -2.36. The number of carbonyl (C=O) groups is 2. The van der Waals surface area contributed by atoms with Gasteiger partial charge in [-0.2, -0.15) is 0 Å². The van der Waals surface area contributed by atoms with Gasteiger partial charge in [-0.05, 0) is 31.0 Å². The van der Waals surface area contributed by atoms with E-state index in [2.05, 4.69) is 0 Å². The summed E-state index contributed by atoms with van der Waals surface area (Å²) in [5.41, 5.74) is 1.11. The van der Waals surface area contributed by atoms with Crippen molar-refractivity contribution in [1.29, 1.82) is 0 Å². The molecular formula is C27H27NO6. The molecule has 0 radical (unpaired) electrons. The number of nitrogens with zero attached hydrogens (tertiary/aromatic N) is 1. The first-order chi connectivity index (χ1) is 16.5. The monoisotopic (exact) mass is 461 g/mol. The highest BCUT2D eigenvalue weighted by Gasteiger charge is 2.48. The Balaban J connectivity index is 1.64. The van der Waals surface area contributed by atoms with Gasteiger partial charge in [0.1, 0.15) is 5.75 Å². The quantitative estimate of drug-likeness (QED) is 0.497. The molecule has 0 saturated heterocycles. The van der Waals surface area contributed by atoms with Crippen molar-refractivity contribution in [2.45, 2.75) is 44.2 Å². The van der Waals surface area contributed by atoms with Crippen molar-refractivity contribution in [3.05, 3.63) is 71.2 Å². The molecule has 5 rings (SSSR count). The van der Waals surface area contributed by atoms with E-state index >= 15 is 0 Å². The average molecular weight is 462 g/mol. The number of hydrogen-bond donors (Lipinski definition) is 1. The number of benzene rings is 2. The summed E-state index contributed by atoms with van der Waals surface area (Å²) in [6.07, 6.45) is 4.77. The second-order valence-corrected chi connectivity index (χ2v) is 8.73. The Morgan fingerprint density at radius 2 is 1.71 bits per heavy atom. The Morgan fingerprint density at radius 1 is 1.00 bits per heavy atom. The molecule has 176 valence electrons. The van der Waals surface area contributed by atoms with Crippen molar-refractivity contribution in [3.8, 4) is 11.5 Å². The van der Waals surface area contributed by atoms with E-state index in [1.54, 1.807) is 30.2 Å². The summed E-state index contributed by atoms with van der Waals surface area (Å²) in [4.78, 5) is 28.9. The molecule has 1 aliphatic carbocycles. The molecule has 1 N–H and O–H groups in total. The number of furan rings is 1. The topological polar surface area (TPSA) is 89.2 Å². The maximum absolute atomic E-state index is 13.8. The lowest BCUT2D eigenvalue weighted by atomic mass is 9.90. The van der Waals surface area contributed by atoms with Crippen LogP contribution in [0.25, 0.3) is 11.0 Å². The fourth-order valence-electron chi connectivity index (χ4n) is 5.23. The maximum Gasteiger partial charge on any atom is 0.290 e. The first-order valence-corrected chi connectivity index (χ1v) is 11.5. The van der Waals surface area contributed by atoms with Crippen LogP contribution in [-0.4, -0.2) is 42.0 Å². The van der Waals surface area contributed by atoms with Gasteiger partial charge in [-0.15, -0.1) is 0 Å². The van der Waals surface area contributed by atoms with Crippen molar-refractivity contribution in [2.75, 3.05) is 14.2 Å². The lowest BCUT2D eigenvalue weighted by Crippen LogP contribution is -2.41. The normalized spacial score (nSPS) is 19.2. The second-order valence-electron chi connectivity index (χ2n) is 8.73. The number of hydrogen-bond acceptors (Lipinski definition) is 6. The summed E-state index contributed by atoms with van der Waals surface area (Å²) in [5.74, 6) is -0.494. The lowest BCUT2D eigenvalue weighted by molar-refractivity contribution is -0.132. The number of aliphatic hydroxyl groups excluding tert-OH is 1. The average Bonchev–Trinajstić information content (AvgIpc) is 3.43. The standard InChI is InChI=1S/C27H27NO6/c1-32-19-13-7-6-12-18(19)23-22(25(30)27(31)28(23)17-10-4-3-5-11-17)24(29)21-15-16-9-8-14-20(33-2)26(16)34-21/h6-9,12-15,17,23,30H,3-5,10-11H2,1-2H3. The smallest absolute Gasteiger partial charge is 0.290 e. The van der Waals surface area contributed by atoms with Crippen molar-refractivity contribution in [1.82, 2.24) is 4.90 Å². The molecule has 2 aliphatic rings. The van der Waals surface area contributed by atoms with Gasteiger partial charge < -0.3 is 23.9 Å². The second kappa shape index (κ2) is 8.89. The number of ketones is 1. The molecule has 2 aromatic carbocycles. The Bertz CT molecular complexity index is 1280. The molecule has 34 heavy (non-hydrogen) atoms. The van der Waals surface area contributed by atoms with Crippen LogP contribution in [0.1, 0.15) is 54.3 Å². The van der Waals surface area contributed by atoms with E-state index in [0.717, 1.165) is 32.1 Å². The van der Waals surface area contributed by atoms with E-state index < -0.39 is 23.5 Å². The summed E-state index contributed by atoms with van der Waals surface area (Å²) < 4.78 is 16.8. The molecule has 7 heteroatoms. The zero-order valence-corrected chi connectivity index (χ0v) is 19.2. The first-order valence-electron chi connectivity index (χ1n) is 11.5. The van der Waals surface area contributed by atoms with Crippen LogP contribution < -0.4 is 9.47 Å². The molecule has 0 bridgehead atoms. The van der Waals surface area contributed by atoms with Gasteiger partial charge in [0.2, 0.25) is 5.78 Å². The molecule has 0 spiro atoms. The zero-order chi connectivity index (χ0) is 23.8. The molecular weight excluding hydrogens is 434 g/mol. The van der Waals surface area contributed by atoms with Crippen LogP contribution in [0.3, 0.4) is 0 Å². The predicted octanol–water partition coefficient (Wildman–Crippen LogP) is 5.36. The Labute approximate surface area is 197 Å². The summed E-state index contributed by atoms with van der Waals surface area (Å²) in [5, 5.41) is 11.7. The number of Topliss-reactive ketones (excluding diaryl/α,β-unsaturated/α-hetero) is 1. The molecule has 1 unspecified atom stereocenters. The van der Waals surface area contributed by atoms with Gasteiger partial charge in [0.15, 0.2) is 22.9 Å². The number of methoxy groups -OCH3 is 2. The SMILES string of the molecule is COc1ccccc1C1C(C(=O)c2cc3cccc(OC)c3o2)=C(O)C(=O)N1C1CCCCC1. The van der Waals surface area contributed by atoms with Crippen LogP contribution in [0, 0.1) is 0 Å². The van der Waals surface area contributed by atoms with Gasteiger partial charge in [0, 0.05) is 17.0 Å². The van der Waals surface area contributed by atoms with Crippen LogP contribution in [-0.2, 0) is 4.79 Å². The molecule has 7 nitrogen and oxygen atoms in total. The van der Waals surface area contributed by atoms with Crippen LogP contribution >= 0.6 is 0 Å². The highest BCUT2D eigenvalue weighted by molar-refractivity contribution is 6.16.